The topological polar surface area (TPSA) is 53.8 Å². The summed E-state index contributed by atoms with van der Waals surface area (Å²) < 4.78 is 13.7. The number of allylic oxidation sites excluding steroid dienone is 1. The lowest BCUT2D eigenvalue weighted by Crippen LogP contribution is -2.10. The molecule has 1 unspecified atom stereocenters. The normalized spacial score (nSPS) is 15.2. The lowest BCUT2D eigenvalue weighted by molar-refractivity contribution is 0.588. The zero-order valence-corrected chi connectivity index (χ0v) is 11.8. The van der Waals surface area contributed by atoms with E-state index in [1.54, 1.807) is 6.26 Å². The van der Waals surface area contributed by atoms with Gasteiger partial charge in [-0.2, -0.15) is 0 Å². The number of hydrogen-bond acceptors (Lipinski definition) is 3. The molecule has 1 aromatic heterocycles. The van der Waals surface area contributed by atoms with Gasteiger partial charge in [0, 0.05) is 23.3 Å². The summed E-state index contributed by atoms with van der Waals surface area (Å²) in [5.74, 6) is 0.864. The summed E-state index contributed by atoms with van der Waals surface area (Å²) in [6, 6.07) is 8.27. The minimum atomic E-state index is -1.13. The van der Waals surface area contributed by atoms with Crippen molar-refractivity contribution in [3.8, 4) is 0 Å². The Morgan fingerprint density at radius 2 is 2.11 bits per heavy atom. The van der Waals surface area contributed by atoms with E-state index < -0.39 is 11.2 Å². The summed E-state index contributed by atoms with van der Waals surface area (Å²) in [4.78, 5) is 0. The number of fused-ring (bicyclic) bond motifs is 2. The van der Waals surface area contributed by atoms with Crippen LogP contribution in [0.4, 0.5) is 0 Å². The standard InChI is InChI=1S/C14H15N3OS/c1-3-12-8-10-6-4-5-7-11(10)9-13-15-16-14(17(12)13)19(2)18/h4-8H,3,9H2,1-2H3. The predicted octanol–water partition coefficient (Wildman–Crippen LogP) is 2.33. The van der Waals surface area contributed by atoms with Gasteiger partial charge in [0.25, 0.3) is 0 Å². The summed E-state index contributed by atoms with van der Waals surface area (Å²) in [6.45, 7) is 2.09. The minimum absolute atomic E-state index is 0.538. The van der Waals surface area contributed by atoms with Crippen molar-refractivity contribution in [1.29, 1.82) is 0 Å². The van der Waals surface area contributed by atoms with Crippen LogP contribution in [-0.4, -0.2) is 25.6 Å². The molecule has 0 bridgehead atoms. The smallest absolute Gasteiger partial charge is 0.347 e. The molecule has 1 aromatic carbocycles. The van der Waals surface area contributed by atoms with Crippen molar-refractivity contribution in [3.05, 3.63) is 41.2 Å². The molecule has 19 heavy (non-hydrogen) atoms. The zero-order valence-electron chi connectivity index (χ0n) is 11.0. The van der Waals surface area contributed by atoms with Gasteiger partial charge < -0.3 is 4.55 Å². The summed E-state index contributed by atoms with van der Waals surface area (Å²) in [7, 11) is 0. The molecule has 5 heteroatoms. The van der Waals surface area contributed by atoms with Crippen molar-refractivity contribution in [2.45, 2.75) is 24.9 Å². The van der Waals surface area contributed by atoms with Gasteiger partial charge in [-0.25, -0.2) is 4.57 Å². The highest BCUT2D eigenvalue weighted by Gasteiger charge is 2.24. The van der Waals surface area contributed by atoms with E-state index in [9.17, 15) is 4.55 Å². The Kier molecular flexibility index (Phi) is 3.16. The maximum absolute atomic E-state index is 11.8. The van der Waals surface area contributed by atoms with Crippen LogP contribution in [0, 0.1) is 0 Å². The second-order valence-electron chi connectivity index (χ2n) is 4.55. The van der Waals surface area contributed by atoms with E-state index in [0.717, 1.165) is 24.4 Å². The largest absolute Gasteiger partial charge is 0.609 e. The van der Waals surface area contributed by atoms with Gasteiger partial charge in [-0.15, -0.1) is 5.10 Å². The molecule has 0 spiro atoms. The van der Waals surface area contributed by atoms with Gasteiger partial charge in [0.05, 0.1) is 0 Å². The maximum atomic E-state index is 11.8. The highest BCUT2D eigenvalue weighted by atomic mass is 32.2. The molecule has 0 N–H and O–H groups in total. The maximum Gasteiger partial charge on any atom is 0.347 e. The molecule has 98 valence electrons. The Labute approximate surface area is 115 Å². The molecule has 1 aliphatic rings. The molecule has 2 heterocycles. The zero-order chi connectivity index (χ0) is 13.4. The Morgan fingerprint density at radius 1 is 1.32 bits per heavy atom. The molecular weight excluding hydrogens is 258 g/mol. The van der Waals surface area contributed by atoms with E-state index in [2.05, 4.69) is 35.3 Å². The third kappa shape index (κ3) is 2.09. The number of rotatable bonds is 2. The van der Waals surface area contributed by atoms with E-state index >= 15 is 0 Å². The second kappa shape index (κ2) is 4.83. The van der Waals surface area contributed by atoms with Crippen molar-refractivity contribution in [3.63, 3.8) is 0 Å². The van der Waals surface area contributed by atoms with Crippen LogP contribution in [0.3, 0.4) is 0 Å². The summed E-state index contributed by atoms with van der Waals surface area (Å²) in [5.41, 5.74) is 3.53. The van der Waals surface area contributed by atoms with Gasteiger partial charge in [-0.3, -0.25) is 0 Å². The van der Waals surface area contributed by atoms with E-state index in [0.29, 0.717) is 5.16 Å². The summed E-state index contributed by atoms with van der Waals surface area (Å²) in [5, 5.41) is 8.83. The Morgan fingerprint density at radius 3 is 2.84 bits per heavy atom. The van der Waals surface area contributed by atoms with E-state index in [4.69, 9.17) is 0 Å². The van der Waals surface area contributed by atoms with Gasteiger partial charge in [0.2, 0.25) is 0 Å². The lowest BCUT2D eigenvalue weighted by atomic mass is 10.0. The molecule has 2 aromatic rings. The lowest BCUT2D eigenvalue weighted by Gasteiger charge is -2.10. The molecule has 0 radical (unpaired) electrons. The highest BCUT2D eigenvalue weighted by Crippen LogP contribution is 2.28. The van der Waals surface area contributed by atoms with Crippen LogP contribution in [-0.2, 0) is 17.6 Å². The highest BCUT2D eigenvalue weighted by molar-refractivity contribution is 7.90. The fourth-order valence-electron chi connectivity index (χ4n) is 2.40. The molecule has 0 saturated heterocycles. The number of nitrogens with zero attached hydrogens (tertiary/aromatic N) is 3. The summed E-state index contributed by atoms with van der Waals surface area (Å²) in [6.07, 6.45) is 5.36. The molecule has 0 aliphatic carbocycles. The minimum Gasteiger partial charge on any atom is -0.609 e. The summed E-state index contributed by atoms with van der Waals surface area (Å²) >= 11 is -1.13. The SMILES string of the molecule is CCC1=Cc2ccccc2Cc2nnc([S+](C)[O-])n21. The van der Waals surface area contributed by atoms with E-state index in [-0.39, 0.29) is 0 Å². The van der Waals surface area contributed by atoms with Crippen molar-refractivity contribution < 1.29 is 4.55 Å². The van der Waals surface area contributed by atoms with Crippen LogP contribution >= 0.6 is 0 Å². The quantitative estimate of drug-likeness (QED) is 0.789. The Balaban J connectivity index is 2.22. The van der Waals surface area contributed by atoms with Crippen molar-refractivity contribution in [1.82, 2.24) is 14.8 Å². The molecular formula is C14H15N3OS. The molecule has 3 rings (SSSR count). The van der Waals surface area contributed by atoms with Crippen LogP contribution in [0.2, 0.25) is 0 Å². The first-order valence-electron chi connectivity index (χ1n) is 6.27. The van der Waals surface area contributed by atoms with Gasteiger partial charge in [0.15, 0.2) is 0 Å². The van der Waals surface area contributed by atoms with Crippen LogP contribution in [0.1, 0.15) is 30.3 Å². The fraction of sp³-hybridized carbons (Fsp3) is 0.286. The molecule has 1 aliphatic heterocycles. The van der Waals surface area contributed by atoms with Crippen LogP contribution in [0.5, 0.6) is 0 Å². The number of benzene rings is 1. The van der Waals surface area contributed by atoms with E-state index in [1.807, 2.05) is 16.7 Å². The monoisotopic (exact) mass is 273 g/mol. The van der Waals surface area contributed by atoms with Gasteiger partial charge >= 0.3 is 5.16 Å². The molecule has 0 fully saturated rings. The average Bonchev–Trinajstić information content (AvgIpc) is 2.74. The van der Waals surface area contributed by atoms with Gasteiger partial charge in [-0.05, 0) is 23.6 Å². The van der Waals surface area contributed by atoms with Gasteiger partial charge in [0.1, 0.15) is 12.1 Å². The number of hydrogen-bond donors (Lipinski definition) is 0. The van der Waals surface area contributed by atoms with E-state index in [1.165, 1.54) is 11.1 Å². The van der Waals surface area contributed by atoms with Gasteiger partial charge in [-0.1, -0.05) is 36.3 Å². The first-order valence-corrected chi connectivity index (χ1v) is 7.83. The average molecular weight is 273 g/mol. The second-order valence-corrected chi connectivity index (χ2v) is 5.83. The first-order chi connectivity index (χ1) is 9.20. The predicted molar refractivity (Wildman–Crippen MR) is 76.1 cm³/mol. The number of aromatic nitrogens is 3. The molecule has 4 nitrogen and oxygen atoms in total. The van der Waals surface area contributed by atoms with Crippen LogP contribution in [0.15, 0.2) is 29.4 Å². The fourth-order valence-corrected chi connectivity index (χ4v) is 3.04. The van der Waals surface area contributed by atoms with Crippen LogP contribution in [0.25, 0.3) is 11.8 Å². The Bertz CT molecular complexity index is 646. The van der Waals surface area contributed by atoms with Crippen LogP contribution < -0.4 is 0 Å². The Hall–Kier alpha value is -1.59. The third-order valence-corrected chi connectivity index (χ3v) is 4.11. The van der Waals surface area contributed by atoms with Crippen molar-refractivity contribution in [2.24, 2.45) is 0 Å². The first kappa shape index (κ1) is 12.4. The molecule has 0 amide bonds. The molecule has 1 atom stereocenters. The van der Waals surface area contributed by atoms with Crippen molar-refractivity contribution in [2.75, 3.05) is 6.26 Å². The third-order valence-electron chi connectivity index (χ3n) is 3.33. The van der Waals surface area contributed by atoms with Crippen molar-refractivity contribution >= 4 is 22.9 Å². The molecule has 0 saturated carbocycles.